The zero-order valence-electron chi connectivity index (χ0n) is 13.2. The van der Waals surface area contributed by atoms with Gasteiger partial charge in [-0.05, 0) is 37.3 Å². The topological polar surface area (TPSA) is 57.4 Å². The van der Waals surface area contributed by atoms with Gasteiger partial charge in [0.05, 0.1) is 6.10 Å². The second kappa shape index (κ2) is 7.55. The number of nitrogens with zero attached hydrogens (tertiary/aromatic N) is 2. The molecule has 6 heteroatoms. The maximum atomic E-state index is 13.5. The van der Waals surface area contributed by atoms with Crippen molar-refractivity contribution in [2.75, 3.05) is 6.61 Å². The van der Waals surface area contributed by atoms with E-state index in [1.807, 2.05) is 0 Å². The minimum Gasteiger partial charge on any atom is -0.482 e. The SMILES string of the molecule is CC[C@@H]1C[C@H](Cc2nc(COc3ccccc3F)no2)CCO1. The lowest BCUT2D eigenvalue weighted by Crippen LogP contribution is -2.26. The number of para-hydroxylation sites is 1. The van der Waals surface area contributed by atoms with Crippen molar-refractivity contribution in [3.8, 4) is 5.75 Å². The van der Waals surface area contributed by atoms with Gasteiger partial charge in [-0.1, -0.05) is 24.2 Å². The van der Waals surface area contributed by atoms with Crippen molar-refractivity contribution in [1.29, 1.82) is 0 Å². The van der Waals surface area contributed by atoms with Crippen molar-refractivity contribution in [3.63, 3.8) is 0 Å². The van der Waals surface area contributed by atoms with Gasteiger partial charge in [-0.15, -0.1) is 0 Å². The molecule has 1 aromatic heterocycles. The van der Waals surface area contributed by atoms with Crippen molar-refractivity contribution < 1.29 is 18.4 Å². The summed E-state index contributed by atoms with van der Waals surface area (Å²) in [5, 5.41) is 3.90. The summed E-state index contributed by atoms with van der Waals surface area (Å²) >= 11 is 0. The highest BCUT2D eigenvalue weighted by Gasteiger charge is 2.23. The van der Waals surface area contributed by atoms with Crippen LogP contribution in [0, 0.1) is 11.7 Å². The predicted octanol–water partition coefficient (Wildman–Crippen LogP) is 3.54. The molecule has 2 aromatic rings. The molecular formula is C17H21FN2O3. The molecule has 0 saturated carbocycles. The van der Waals surface area contributed by atoms with Gasteiger partial charge in [-0.3, -0.25) is 0 Å². The molecule has 0 spiro atoms. The second-order valence-electron chi connectivity index (χ2n) is 5.82. The van der Waals surface area contributed by atoms with Gasteiger partial charge in [0.2, 0.25) is 11.7 Å². The van der Waals surface area contributed by atoms with Gasteiger partial charge in [0, 0.05) is 13.0 Å². The molecule has 0 bridgehead atoms. The Morgan fingerprint density at radius 2 is 2.22 bits per heavy atom. The van der Waals surface area contributed by atoms with Crippen LogP contribution in [-0.4, -0.2) is 22.9 Å². The van der Waals surface area contributed by atoms with E-state index in [9.17, 15) is 4.39 Å². The highest BCUT2D eigenvalue weighted by Crippen LogP contribution is 2.25. The van der Waals surface area contributed by atoms with E-state index >= 15 is 0 Å². The molecule has 1 aromatic carbocycles. The van der Waals surface area contributed by atoms with Crippen molar-refractivity contribution >= 4 is 0 Å². The van der Waals surface area contributed by atoms with Crippen LogP contribution in [0.1, 0.15) is 37.9 Å². The number of rotatable bonds is 6. The molecule has 0 amide bonds. The maximum absolute atomic E-state index is 13.5. The lowest BCUT2D eigenvalue weighted by Gasteiger charge is -2.27. The Labute approximate surface area is 134 Å². The van der Waals surface area contributed by atoms with Crippen LogP contribution >= 0.6 is 0 Å². The first-order valence-electron chi connectivity index (χ1n) is 8.05. The molecule has 124 valence electrons. The van der Waals surface area contributed by atoms with Crippen molar-refractivity contribution in [2.45, 2.75) is 45.3 Å². The molecule has 1 saturated heterocycles. The number of benzene rings is 1. The average molecular weight is 320 g/mol. The van der Waals surface area contributed by atoms with Crippen LogP contribution in [0.5, 0.6) is 5.75 Å². The summed E-state index contributed by atoms with van der Waals surface area (Å²) in [6.45, 7) is 3.02. The predicted molar refractivity (Wildman–Crippen MR) is 81.5 cm³/mol. The molecule has 1 aliphatic heterocycles. The summed E-state index contributed by atoms with van der Waals surface area (Å²) in [7, 11) is 0. The number of hydrogen-bond acceptors (Lipinski definition) is 5. The molecule has 5 nitrogen and oxygen atoms in total. The van der Waals surface area contributed by atoms with Gasteiger partial charge >= 0.3 is 0 Å². The molecular weight excluding hydrogens is 299 g/mol. The first-order valence-corrected chi connectivity index (χ1v) is 8.05. The van der Waals surface area contributed by atoms with E-state index in [0.29, 0.717) is 23.7 Å². The molecule has 1 aliphatic rings. The lowest BCUT2D eigenvalue weighted by molar-refractivity contribution is -0.0115. The van der Waals surface area contributed by atoms with Crippen LogP contribution in [0.3, 0.4) is 0 Å². The summed E-state index contributed by atoms with van der Waals surface area (Å²) in [6.07, 6.45) is 4.16. The second-order valence-corrected chi connectivity index (χ2v) is 5.82. The zero-order chi connectivity index (χ0) is 16.1. The van der Waals surface area contributed by atoms with Gasteiger partial charge < -0.3 is 14.0 Å². The molecule has 2 heterocycles. The van der Waals surface area contributed by atoms with E-state index in [0.717, 1.165) is 32.3 Å². The fraction of sp³-hybridized carbons (Fsp3) is 0.529. The molecule has 0 N–H and O–H groups in total. The zero-order valence-corrected chi connectivity index (χ0v) is 13.2. The third kappa shape index (κ3) is 4.28. The molecule has 3 rings (SSSR count). The Hall–Kier alpha value is -1.95. The van der Waals surface area contributed by atoms with Crippen LogP contribution in [0.4, 0.5) is 4.39 Å². The summed E-state index contributed by atoms with van der Waals surface area (Å²) in [4.78, 5) is 4.33. The van der Waals surface area contributed by atoms with Crippen molar-refractivity contribution in [3.05, 3.63) is 41.8 Å². The first kappa shape index (κ1) is 15.9. The molecule has 0 radical (unpaired) electrons. The standard InChI is InChI=1S/C17H21FN2O3/c1-2-13-9-12(7-8-21-13)10-17-19-16(20-23-17)11-22-15-6-4-3-5-14(15)18/h3-6,12-13H,2,7-11H2,1H3/t12-,13-/m1/s1. The van der Waals surface area contributed by atoms with E-state index in [4.69, 9.17) is 14.0 Å². The molecule has 0 unspecified atom stereocenters. The minimum atomic E-state index is -0.399. The van der Waals surface area contributed by atoms with E-state index < -0.39 is 5.82 Å². The fourth-order valence-electron chi connectivity index (χ4n) is 2.81. The number of halogens is 1. The highest BCUT2D eigenvalue weighted by atomic mass is 19.1. The monoisotopic (exact) mass is 320 g/mol. The van der Waals surface area contributed by atoms with Crippen molar-refractivity contribution in [2.24, 2.45) is 5.92 Å². The molecule has 0 aliphatic carbocycles. The molecule has 23 heavy (non-hydrogen) atoms. The van der Waals surface area contributed by atoms with Crippen molar-refractivity contribution in [1.82, 2.24) is 10.1 Å². The number of aromatic nitrogens is 2. The van der Waals surface area contributed by atoms with E-state index in [-0.39, 0.29) is 12.4 Å². The van der Waals surface area contributed by atoms with Gasteiger partial charge in [-0.25, -0.2) is 4.39 Å². The van der Waals surface area contributed by atoms with Crippen LogP contribution < -0.4 is 4.74 Å². The number of hydrogen-bond donors (Lipinski definition) is 0. The van der Waals surface area contributed by atoms with E-state index in [1.165, 1.54) is 6.07 Å². The largest absolute Gasteiger partial charge is 0.482 e. The Bertz CT molecular complexity index is 632. The van der Waals surface area contributed by atoms with Crippen LogP contribution in [0.15, 0.2) is 28.8 Å². The smallest absolute Gasteiger partial charge is 0.227 e. The third-order valence-corrected chi connectivity index (χ3v) is 4.10. The van der Waals surface area contributed by atoms with E-state index in [1.54, 1.807) is 18.2 Å². The third-order valence-electron chi connectivity index (χ3n) is 4.10. The Balaban J connectivity index is 1.53. The fourth-order valence-corrected chi connectivity index (χ4v) is 2.81. The summed E-state index contributed by atoms with van der Waals surface area (Å²) < 4.78 is 29.8. The minimum absolute atomic E-state index is 0.0931. The van der Waals surface area contributed by atoms with E-state index in [2.05, 4.69) is 17.1 Å². The average Bonchev–Trinajstić information content (AvgIpc) is 3.02. The van der Waals surface area contributed by atoms with Gasteiger partial charge in [0.15, 0.2) is 18.2 Å². The summed E-state index contributed by atoms with van der Waals surface area (Å²) in [6, 6.07) is 6.26. The lowest BCUT2D eigenvalue weighted by atomic mass is 9.91. The number of ether oxygens (including phenoxy) is 2. The molecule has 1 fully saturated rings. The Kier molecular flexibility index (Phi) is 5.23. The van der Waals surface area contributed by atoms with Gasteiger partial charge in [0.25, 0.3) is 0 Å². The molecule has 2 atom stereocenters. The summed E-state index contributed by atoms with van der Waals surface area (Å²) in [5.74, 6) is 1.34. The summed E-state index contributed by atoms with van der Waals surface area (Å²) in [5.41, 5.74) is 0. The van der Waals surface area contributed by atoms with Crippen LogP contribution in [0.2, 0.25) is 0 Å². The first-order chi connectivity index (χ1) is 11.2. The maximum Gasteiger partial charge on any atom is 0.227 e. The Morgan fingerprint density at radius 3 is 3.04 bits per heavy atom. The normalized spacial score (nSPS) is 21.3. The van der Waals surface area contributed by atoms with Crippen LogP contribution in [0.25, 0.3) is 0 Å². The highest BCUT2D eigenvalue weighted by molar-refractivity contribution is 5.23. The quantitative estimate of drug-likeness (QED) is 0.815. The van der Waals surface area contributed by atoms with Gasteiger partial charge in [-0.2, -0.15) is 4.98 Å². The Morgan fingerprint density at radius 1 is 1.35 bits per heavy atom. The van der Waals surface area contributed by atoms with Gasteiger partial charge in [0.1, 0.15) is 0 Å². The van der Waals surface area contributed by atoms with Crippen LogP contribution in [-0.2, 0) is 17.8 Å².